The monoisotopic (exact) mass is 349 g/mol. The molecule has 0 aliphatic heterocycles. The van der Waals surface area contributed by atoms with Crippen molar-refractivity contribution in [3.63, 3.8) is 0 Å². The molecule has 1 heterocycles. The molecule has 0 radical (unpaired) electrons. The number of hydrogen-bond acceptors (Lipinski definition) is 4. The fraction of sp³-hybridized carbons (Fsp3) is 0.294. The second kappa shape index (κ2) is 8.44. The van der Waals surface area contributed by atoms with Crippen molar-refractivity contribution in [2.45, 2.75) is 26.8 Å². The first-order valence-electron chi connectivity index (χ1n) is 7.63. The van der Waals surface area contributed by atoms with Crippen molar-refractivity contribution in [1.29, 1.82) is 0 Å². The van der Waals surface area contributed by atoms with Gasteiger partial charge in [0.1, 0.15) is 5.82 Å². The Bertz CT molecular complexity index is 730. The summed E-state index contributed by atoms with van der Waals surface area (Å²) in [4.78, 5) is 25.3. The maximum absolute atomic E-state index is 13.7. The van der Waals surface area contributed by atoms with E-state index in [1.165, 1.54) is 30.0 Å². The van der Waals surface area contributed by atoms with E-state index in [1.807, 2.05) is 12.1 Å². The van der Waals surface area contributed by atoms with E-state index in [4.69, 9.17) is 0 Å². The molecule has 0 spiro atoms. The van der Waals surface area contributed by atoms with Gasteiger partial charge in [0.2, 0.25) is 11.8 Å². The Balaban J connectivity index is 1.85. The van der Waals surface area contributed by atoms with Gasteiger partial charge < -0.3 is 16.0 Å². The fourth-order valence-corrected chi connectivity index (χ4v) is 2.97. The minimum Gasteiger partial charge on any atom is -0.374 e. The van der Waals surface area contributed by atoms with Crippen LogP contribution in [0.4, 0.5) is 15.8 Å². The second-order valence-electron chi connectivity index (χ2n) is 5.23. The van der Waals surface area contributed by atoms with Crippen molar-refractivity contribution in [3.8, 4) is 0 Å². The van der Waals surface area contributed by atoms with Crippen LogP contribution in [0.5, 0.6) is 0 Å². The van der Waals surface area contributed by atoms with Gasteiger partial charge in [-0.2, -0.15) is 0 Å². The van der Waals surface area contributed by atoms with Gasteiger partial charge in [0.15, 0.2) is 0 Å². The van der Waals surface area contributed by atoms with Crippen molar-refractivity contribution in [1.82, 2.24) is 5.32 Å². The van der Waals surface area contributed by atoms with Crippen molar-refractivity contribution < 1.29 is 14.0 Å². The number of nitrogens with one attached hydrogen (secondary N) is 3. The molecule has 24 heavy (non-hydrogen) atoms. The molecule has 5 nitrogen and oxygen atoms in total. The largest absolute Gasteiger partial charge is 0.374 e. The Morgan fingerprint density at radius 1 is 1.17 bits per heavy atom. The zero-order valence-electron chi connectivity index (χ0n) is 13.6. The first kappa shape index (κ1) is 17.9. The molecule has 128 valence electrons. The summed E-state index contributed by atoms with van der Waals surface area (Å²) in [7, 11) is 0. The average molecular weight is 349 g/mol. The van der Waals surface area contributed by atoms with Crippen molar-refractivity contribution in [2.24, 2.45) is 0 Å². The van der Waals surface area contributed by atoms with Crippen LogP contribution in [0.25, 0.3) is 0 Å². The molecule has 1 aromatic carbocycles. The lowest BCUT2D eigenvalue weighted by molar-refractivity contribution is -0.119. The van der Waals surface area contributed by atoms with E-state index in [0.29, 0.717) is 12.2 Å². The van der Waals surface area contributed by atoms with E-state index in [2.05, 4.69) is 22.9 Å². The molecule has 1 aromatic heterocycles. The van der Waals surface area contributed by atoms with Crippen LogP contribution in [-0.4, -0.2) is 18.4 Å². The van der Waals surface area contributed by atoms with Crippen LogP contribution in [0, 0.1) is 5.82 Å². The number of anilines is 2. The second-order valence-corrected chi connectivity index (χ2v) is 6.48. The van der Waals surface area contributed by atoms with Crippen LogP contribution in [0.2, 0.25) is 0 Å². The fourth-order valence-electron chi connectivity index (χ4n) is 2.07. The molecule has 0 saturated carbocycles. The van der Waals surface area contributed by atoms with Gasteiger partial charge >= 0.3 is 0 Å². The van der Waals surface area contributed by atoms with Crippen LogP contribution in [0.3, 0.4) is 0 Å². The summed E-state index contributed by atoms with van der Waals surface area (Å²) in [5.74, 6) is -0.957. The van der Waals surface area contributed by atoms with Gasteiger partial charge in [-0.25, -0.2) is 4.39 Å². The molecular formula is C17H20FN3O2S. The van der Waals surface area contributed by atoms with Crippen molar-refractivity contribution in [3.05, 3.63) is 45.9 Å². The maximum atomic E-state index is 13.7. The van der Waals surface area contributed by atoms with Gasteiger partial charge in [-0.3, -0.25) is 9.59 Å². The molecule has 2 aromatic rings. The highest BCUT2D eigenvalue weighted by Gasteiger charge is 2.07. The predicted octanol–water partition coefficient (Wildman–Crippen LogP) is 3.14. The molecule has 7 heteroatoms. The molecule has 0 bridgehead atoms. The van der Waals surface area contributed by atoms with Crippen molar-refractivity contribution in [2.75, 3.05) is 17.2 Å². The lowest BCUT2D eigenvalue weighted by Crippen LogP contribution is -2.29. The molecule has 0 aliphatic rings. The van der Waals surface area contributed by atoms with Gasteiger partial charge in [0.25, 0.3) is 0 Å². The smallest absolute Gasteiger partial charge is 0.239 e. The molecular weight excluding hydrogens is 329 g/mol. The number of thiophene rings is 1. The Labute approximate surface area is 144 Å². The first-order valence-corrected chi connectivity index (χ1v) is 8.45. The minimum absolute atomic E-state index is 0.0492. The third kappa shape index (κ3) is 5.34. The summed E-state index contributed by atoms with van der Waals surface area (Å²) in [5, 5.41) is 8.10. The highest BCUT2D eigenvalue weighted by molar-refractivity contribution is 7.11. The quantitative estimate of drug-likeness (QED) is 0.719. The number of benzene rings is 1. The van der Waals surface area contributed by atoms with Gasteiger partial charge in [-0.15, -0.1) is 11.3 Å². The Morgan fingerprint density at radius 3 is 2.58 bits per heavy atom. The molecule has 0 aliphatic carbocycles. The zero-order chi connectivity index (χ0) is 17.5. The molecule has 2 rings (SSSR count). The molecule has 0 saturated heterocycles. The summed E-state index contributed by atoms with van der Waals surface area (Å²) >= 11 is 1.66. The summed E-state index contributed by atoms with van der Waals surface area (Å²) in [6.45, 7) is 3.87. The van der Waals surface area contributed by atoms with Crippen LogP contribution in [0.1, 0.15) is 23.6 Å². The lowest BCUT2D eigenvalue weighted by atomic mass is 10.2. The molecule has 0 atom stereocenters. The van der Waals surface area contributed by atoms with E-state index in [0.717, 1.165) is 11.3 Å². The van der Waals surface area contributed by atoms with Gasteiger partial charge in [-0.1, -0.05) is 6.92 Å². The Morgan fingerprint density at radius 2 is 1.92 bits per heavy atom. The lowest BCUT2D eigenvalue weighted by Gasteiger charge is -2.10. The number of carbonyl (C=O) groups excluding carboxylic acids is 2. The van der Waals surface area contributed by atoms with E-state index >= 15 is 0 Å². The number of aryl methyl sites for hydroxylation is 1. The van der Waals surface area contributed by atoms with Crippen LogP contribution >= 0.6 is 11.3 Å². The SMILES string of the molecule is CCc1ccc(CNC(=O)CNc2cc(NC(C)=O)ccc2F)s1. The van der Waals surface area contributed by atoms with Crippen LogP contribution < -0.4 is 16.0 Å². The zero-order valence-corrected chi connectivity index (χ0v) is 14.4. The Kier molecular flexibility index (Phi) is 6.31. The highest BCUT2D eigenvalue weighted by atomic mass is 32.1. The third-order valence-corrected chi connectivity index (χ3v) is 4.48. The summed E-state index contributed by atoms with van der Waals surface area (Å²) < 4.78 is 13.7. The Hall–Kier alpha value is -2.41. The predicted molar refractivity (Wildman–Crippen MR) is 94.7 cm³/mol. The molecule has 0 unspecified atom stereocenters. The number of amides is 2. The number of rotatable bonds is 7. The van der Waals surface area contributed by atoms with E-state index in [9.17, 15) is 14.0 Å². The standard InChI is InChI=1S/C17H20FN3O2S/c1-3-13-5-6-14(24-13)9-20-17(23)10-19-16-8-12(21-11(2)22)4-7-15(16)18/h4-8,19H,3,9-10H2,1-2H3,(H,20,23)(H,21,22). The van der Waals surface area contributed by atoms with Crippen LogP contribution in [0.15, 0.2) is 30.3 Å². The van der Waals surface area contributed by atoms with Gasteiger partial charge in [0, 0.05) is 22.4 Å². The first-order chi connectivity index (χ1) is 11.5. The number of carbonyl (C=O) groups is 2. The molecule has 0 fully saturated rings. The average Bonchev–Trinajstić information content (AvgIpc) is 3.01. The number of hydrogen-bond donors (Lipinski definition) is 3. The maximum Gasteiger partial charge on any atom is 0.239 e. The van der Waals surface area contributed by atoms with Crippen molar-refractivity contribution >= 4 is 34.5 Å². The topological polar surface area (TPSA) is 70.2 Å². The number of halogens is 1. The van der Waals surface area contributed by atoms with E-state index < -0.39 is 5.82 Å². The normalized spacial score (nSPS) is 10.3. The summed E-state index contributed by atoms with van der Waals surface area (Å²) in [6.07, 6.45) is 0.976. The summed E-state index contributed by atoms with van der Waals surface area (Å²) in [5.41, 5.74) is 0.637. The minimum atomic E-state index is -0.484. The van der Waals surface area contributed by atoms with Gasteiger partial charge in [-0.05, 0) is 36.8 Å². The van der Waals surface area contributed by atoms with Crippen LogP contribution in [-0.2, 0) is 22.6 Å². The molecule has 3 N–H and O–H groups in total. The summed E-state index contributed by atoms with van der Waals surface area (Å²) in [6, 6.07) is 8.20. The van der Waals surface area contributed by atoms with Gasteiger partial charge in [0.05, 0.1) is 18.8 Å². The third-order valence-electron chi connectivity index (χ3n) is 3.25. The highest BCUT2D eigenvalue weighted by Crippen LogP contribution is 2.19. The van der Waals surface area contributed by atoms with E-state index in [1.54, 1.807) is 11.3 Å². The molecule has 2 amide bonds. The van der Waals surface area contributed by atoms with E-state index in [-0.39, 0.29) is 24.0 Å².